The van der Waals surface area contributed by atoms with Gasteiger partial charge in [0.2, 0.25) is 0 Å². The van der Waals surface area contributed by atoms with Gasteiger partial charge in [-0.15, -0.1) is 0 Å². The standard InChI is InChI=1S/C12H23BrN2/c1-2-11(8-13)9-14-6-7-15-5-3-4-12(15)10-14/h11-12H,2-10H2,1H3. The van der Waals surface area contributed by atoms with Crippen molar-refractivity contribution in [1.29, 1.82) is 0 Å². The third-order valence-electron chi connectivity index (χ3n) is 3.98. The highest BCUT2D eigenvalue weighted by Crippen LogP contribution is 2.22. The SMILES string of the molecule is CCC(CBr)CN1CCN2CCCC2C1. The van der Waals surface area contributed by atoms with E-state index in [0.717, 1.165) is 17.3 Å². The lowest BCUT2D eigenvalue weighted by Gasteiger charge is -2.38. The van der Waals surface area contributed by atoms with Gasteiger partial charge in [0.15, 0.2) is 0 Å². The van der Waals surface area contributed by atoms with Gasteiger partial charge in [-0.25, -0.2) is 0 Å². The summed E-state index contributed by atoms with van der Waals surface area (Å²) in [5.74, 6) is 0.845. The molecule has 2 unspecified atom stereocenters. The van der Waals surface area contributed by atoms with Crippen LogP contribution in [-0.4, -0.2) is 53.9 Å². The summed E-state index contributed by atoms with van der Waals surface area (Å²) in [5, 5.41) is 1.16. The fourth-order valence-electron chi connectivity index (χ4n) is 2.87. The van der Waals surface area contributed by atoms with E-state index in [1.165, 1.54) is 52.0 Å². The van der Waals surface area contributed by atoms with Crippen LogP contribution in [0.3, 0.4) is 0 Å². The van der Waals surface area contributed by atoms with Crippen LogP contribution >= 0.6 is 15.9 Å². The topological polar surface area (TPSA) is 6.48 Å². The first-order valence-electron chi connectivity index (χ1n) is 6.35. The average molecular weight is 275 g/mol. The maximum absolute atomic E-state index is 3.62. The highest BCUT2D eigenvalue weighted by molar-refractivity contribution is 9.09. The van der Waals surface area contributed by atoms with Crippen molar-refractivity contribution >= 4 is 15.9 Å². The van der Waals surface area contributed by atoms with Crippen LogP contribution in [0.4, 0.5) is 0 Å². The number of piperazine rings is 1. The van der Waals surface area contributed by atoms with E-state index in [-0.39, 0.29) is 0 Å². The Balaban J connectivity index is 1.79. The van der Waals surface area contributed by atoms with Crippen LogP contribution in [-0.2, 0) is 0 Å². The van der Waals surface area contributed by atoms with Gasteiger partial charge in [0.05, 0.1) is 0 Å². The molecule has 0 N–H and O–H groups in total. The second-order valence-corrected chi connectivity index (χ2v) is 5.67. The van der Waals surface area contributed by atoms with Crippen LogP contribution in [0.25, 0.3) is 0 Å². The van der Waals surface area contributed by atoms with Crippen molar-refractivity contribution in [3.8, 4) is 0 Å². The number of hydrogen-bond acceptors (Lipinski definition) is 2. The molecule has 2 nitrogen and oxygen atoms in total. The molecule has 2 fully saturated rings. The van der Waals surface area contributed by atoms with Gasteiger partial charge >= 0.3 is 0 Å². The highest BCUT2D eigenvalue weighted by Gasteiger charge is 2.30. The number of fused-ring (bicyclic) bond motifs is 1. The Kier molecular flexibility index (Phi) is 4.47. The van der Waals surface area contributed by atoms with Gasteiger partial charge in [-0.05, 0) is 25.3 Å². The molecule has 2 atom stereocenters. The molecule has 2 saturated heterocycles. The molecule has 3 heteroatoms. The van der Waals surface area contributed by atoms with Crippen molar-refractivity contribution in [2.75, 3.05) is 38.1 Å². The average Bonchev–Trinajstić information content (AvgIpc) is 2.73. The summed E-state index contributed by atoms with van der Waals surface area (Å²) in [4.78, 5) is 5.37. The Morgan fingerprint density at radius 3 is 2.93 bits per heavy atom. The molecule has 0 saturated carbocycles. The van der Waals surface area contributed by atoms with Crippen molar-refractivity contribution in [3.05, 3.63) is 0 Å². The maximum atomic E-state index is 3.62. The molecule has 0 radical (unpaired) electrons. The molecular weight excluding hydrogens is 252 g/mol. The summed E-state index contributed by atoms with van der Waals surface area (Å²) in [6.07, 6.45) is 4.16. The Morgan fingerprint density at radius 2 is 2.20 bits per heavy atom. The largest absolute Gasteiger partial charge is 0.300 e. The van der Waals surface area contributed by atoms with Crippen molar-refractivity contribution in [2.24, 2.45) is 5.92 Å². The third kappa shape index (κ3) is 2.95. The van der Waals surface area contributed by atoms with Gasteiger partial charge in [0.1, 0.15) is 0 Å². The normalized spacial score (nSPS) is 30.4. The van der Waals surface area contributed by atoms with E-state index in [4.69, 9.17) is 0 Å². The fourth-order valence-corrected chi connectivity index (χ4v) is 3.54. The summed E-state index contributed by atoms with van der Waals surface area (Å²) in [5.41, 5.74) is 0. The minimum atomic E-state index is 0.845. The first-order valence-corrected chi connectivity index (χ1v) is 7.48. The van der Waals surface area contributed by atoms with Crippen LogP contribution in [0.2, 0.25) is 0 Å². The zero-order chi connectivity index (χ0) is 10.7. The number of rotatable bonds is 4. The highest BCUT2D eigenvalue weighted by atomic mass is 79.9. The Labute approximate surface area is 102 Å². The van der Waals surface area contributed by atoms with E-state index >= 15 is 0 Å². The maximum Gasteiger partial charge on any atom is 0.0224 e. The van der Waals surface area contributed by atoms with Crippen LogP contribution in [0, 0.1) is 5.92 Å². The quantitative estimate of drug-likeness (QED) is 0.726. The van der Waals surface area contributed by atoms with E-state index in [9.17, 15) is 0 Å². The summed E-state index contributed by atoms with van der Waals surface area (Å²) in [6.45, 7) is 8.88. The molecule has 0 bridgehead atoms. The molecule has 0 aromatic heterocycles. The molecule has 2 heterocycles. The molecule has 15 heavy (non-hydrogen) atoms. The second-order valence-electron chi connectivity index (χ2n) is 5.02. The third-order valence-corrected chi connectivity index (χ3v) is 4.90. The number of nitrogens with zero attached hydrogens (tertiary/aromatic N) is 2. The van der Waals surface area contributed by atoms with Gasteiger partial charge < -0.3 is 4.90 Å². The van der Waals surface area contributed by atoms with Crippen molar-refractivity contribution in [1.82, 2.24) is 9.80 Å². The Hall–Kier alpha value is 0.400. The van der Waals surface area contributed by atoms with E-state index in [1.54, 1.807) is 0 Å². The van der Waals surface area contributed by atoms with Crippen molar-refractivity contribution in [3.63, 3.8) is 0 Å². The second kappa shape index (κ2) is 5.65. The van der Waals surface area contributed by atoms with Gasteiger partial charge in [0, 0.05) is 37.6 Å². The minimum absolute atomic E-state index is 0.845. The predicted octanol–water partition coefficient (Wildman–Crippen LogP) is 2.19. The molecule has 0 aromatic rings. The van der Waals surface area contributed by atoms with E-state index in [0.29, 0.717) is 0 Å². The summed E-state index contributed by atoms with van der Waals surface area (Å²) >= 11 is 3.62. The van der Waals surface area contributed by atoms with E-state index in [1.807, 2.05) is 0 Å². The van der Waals surface area contributed by atoms with Crippen molar-refractivity contribution in [2.45, 2.75) is 32.2 Å². The van der Waals surface area contributed by atoms with Gasteiger partial charge in [-0.1, -0.05) is 29.3 Å². The molecule has 88 valence electrons. The number of hydrogen-bond donors (Lipinski definition) is 0. The first kappa shape index (κ1) is 11.9. The van der Waals surface area contributed by atoms with Gasteiger partial charge in [-0.2, -0.15) is 0 Å². The molecule has 2 rings (SSSR count). The lowest BCUT2D eigenvalue weighted by Crippen LogP contribution is -2.51. The zero-order valence-corrected chi connectivity index (χ0v) is 11.4. The van der Waals surface area contributed by atoms with Crippen LogP contribution in [0.1, 0.15) is 26.2 Å². The molecule has 0 aromatic carbocycles. The van der Waals surface area contributed by atoms with Gasteiger partial charge in [0.25, 0.3) is 0 Å². The van der Waals surface area contributed by atoms with Crippen LogP contribution < -0.4 is 0 Å². The summed E-state index contributed by atoms with van der Waals surface area (Å²) in [7, 11) is 0. The van der Waals surface area contributed by atoms with Crippen molar-refractivity contribution < 1.29 is 0 Å². The molecule has 2 aliphatic heterocycles. The molecule has 0 amide bonds. The number of halogens is 1. The first-order chi connectivity index (χ1) is 7.33. The molecular formula is C12H23BrN2. The Bertz CT molecular complexity index is 192. The molecule has 2 aliphatic rings. The van der Waals surface area contributed by atoms with Crippen LogP contribution in [0.5, 0.6) is 0 Å². The van der Waals surface area contributed by atoms with E-state index in [2.05, 4.69) is 32.7 Å². The van der Waals surface area contributed by atoms with Crippen LogP contribution in [0.15, 0.2) is 0 Å². The zero-order valence-electron chi connectivity index (χ0n) is 9.79. The summed E-state index contributed by atoms with van der Waals surface area (Å²) in [6, 6.07) is 0.881. The predicted molar refractivity (Wildman–Crippen MR) is 68.6 cm³/mol. The summed E-state index contributed by atoms with van der Waals surface area (Å²) < 4.78 is 0. The minimum Gasteiger partial charge on any atom is -0.300 e. The molecule has 0 aliphatic carbocycles. The molecule has 0 spiro atoms. The monoisotopic (exact) mass is 274 g/mol. The van der Waals surface area contributed by atoms with E-state index < -0.39 is 0 Å². The smallest absolute Gasteiger partial charge is 0.0224 e. The fraction of sp³-hybridized carbons (Fsp3) is 1.00. The lowest BCUT2D eigenvalue weighted by atomic mass is 10.1. The lowest BCUT2D eigenvalue weighted by molar-refractivity contribution is 0.0939. The Morgan fingerprint density at radius 1 is 1.33 bits per heavy atom. The van der Waals surface area contributed by atoms with Gasteiger partial charge in [-0.3, -0.25) is 4.90 Å². The number of alkyl halides is 1.